The van der Waals surface area contributed by atoms with E-state index in [1.165, 1.54) is 0 Å². The molecule has 1 amide bonds. The third-order valence-electron chi connectivity index (χ3n) is 5.30. The monoisotopic (exact) mass is 347 g/mol. The fraction of sp³-hybridized carbons (Fsp3) is 0.706. The van der Waals surface area contributed by atoms with E-state index in [-0.39, 0.29) is 11.7 Å². The molecule has 1 aromatic rings. The minimum absolute atomic E-state index is 0.132. The Morgan fingerprint density at radius 3 is 2.36 bits per heavy atom. The SMILES string of the molecule is CC(=O)N1CCN(c2nccc(N3CCC4(CC3)OCCO4)n2)CC1. The van der Waals surface area contributed by atoms with E-state index in [9.17, 15) is 4.79 Å². The molecule has 1 spiro atoms. The molecule has 4 rings (SSSR count). The van der Waals surface area contributed by atoms with Crippen LogP contribution in [0.4, 0.5) is 11.8 Å². The summed E-state index contributed by atoms with van der Waals surface area (Å²) < 4.78 is 11.6. The van der Waals surface area contributed by atoms with E-state index < -0.39 is 0 Å². The summed E-state index contributed by atoms with van der Waals surface area (Å²) in [6, 6.07) is 1.96. The molecule has 0 aliphatic carbocycles. The Morgan fingerprint density at radius 1 is 1.04 bits per heavy atom. The molecule has 3 aliphatic heterocycles. The number of piperazine rings is 1. The number of carbonyl (C=O) groups excluding carboxylic acids is 1. The highest BCUT2D eigenvalue weighted by Gasteiger charge is 2.40. The third-order valence-corrected chi connectivity index (χ3v) is 5.30. The van der Waals surface area contributed by atoms with Crippen molar-refractivity contribution in [2.75, 3.05) is 62.3 Å². The van der Waals surface area contributed by atoms with Crippen LogP contribution in [0, 0.1) is 0 Å². The van der Waals surface area contributed by atoms with E-state index >= 15 is 0 Å². The number of carbonyl (C=O) groups is 1. The van der Waals surface area contributed by atoms with E-state index in [0.717, 1.165) is 63.9 Å². The van der Waals surface area contributed by atoms with Crippen LogP contribution in [0.5, 0.6) is 0 Å². The zero-order valence-corrected chi connectivity index (χ0v) is 14.7. The van der Waals surface area contributed by atoms with E-state index in [0.29, 0.717) is 13.2 Å². The number of rotatable bonds is 2. The van der Waals surface area contributed by atoms with Gasteiger partial charge in [0.15, 0.2) is 5.79 Å². The normalized spacial score (nSPS) is 23.3. The number of hydrogen-bond donors (Lipinski definition) is 0. The fourth-order valence-electron chi connectivity index (χ4n) is 3.75. The van der Waals surface area contributed by atoms with Crippen molar-refractivity contribution in [1.29, 1.82) is 0 Å². The highest BCUT2D eigenvalue weighted by molar-refractivity contribution is 5.73. The zero-order valence-electron chi connectivity index (χ0n) is 14.7. The fourth-order valence-corrected chi connectivity index (χ4v) is 3.75. The molecule has 0 bridgehead atoms. The lowest BCUT2D eigenvalue weighted by molar-refractivity contribution is -0.169. The molecule has 0 N–H and O–H groups in total. The van der Waals surface area contributed by atoms with Crippen molar-refractivity contribution in [1.82, 2.24) is 14.9 Å². The van der Waals surface area contributed by atoms with Gasteiger partial charge in [-0.05, 0) is 6.07 Å². The van der Waals surface area contributed by atoms with Crippen LogP contribution in [0.2, 0.25) is 0 Å². The van der Waals surface area contributed by atoms with Crippen LogP contribution in [0.25, 0.3) is 0 Å². The molecule has 3 fully saturated rings. The second-order valence-corrected chi connectivity index (χ2v) is 6.80. The van der Waals surface area contributed by atoms with Crippen LogP contribution in [-0.4, -0.2) is 79.0 Å². The summed E-state index contributed by atoms with van der Waals surface area (Å²) in [5.41, 5.74) is 0. The average molecular weight is 347 g/mol. The van der Waals surface area contributed by atoms with Gasteiger partial charge in [-0.15, -0.1) is 0 Å². The molecular weight excluding hydrogens is 322 g/mol. The minimum Gasteiger partial charge on any atom is -0.356 e. The predicted molar refractivity (Wildman–Crippen MR) is 92.6 cm³/mol. The molecule has 0 radical (unpaired) electrons. The van der Waals surface area contributed by atoms with Crippen LogP contribution < -0.4 is 9.80 Å². The first kappa shape index (κ1) is 16.5. The number of aromatic nitrogens is 2. The second-order valence-electron chi connectivity index (χ2n) is 6.80. The number of piperidine rings is 1. The molecule has 0 unspecified atom stereocenters. The minimum atomic E-state index is -0.366. The van der Waals surface area contributed by atoms with Crippen molar-refractivity contribution < 1.29 is 14.3 Å². The van der Waals surface area contributed by atoms with E-state index in [2.05, 4.69) is 14.8 Å². The number of amides is 1. The third kappa shape index (κ3) is 3.41. The highest BCUT2D eigenvalue weighted by atomic mass is 16.7. The Balaban J connectivity index is 1.39. The van der Waals surface area contributed by atoms with Crippen molar-refractivity contribution in [2.24, 2.45) is 0 Å². The smallest absolute Gasteiger partial charge is 0.227 e. The largest absolute Gasteiger partial charge is 0.356 e. The Morgan fingerprint density at radius 2 is 1.72 bits per heavy atom. The van der Waals surface area contributed by atoms with Crippen molar-refractivity contribution in [3.8, 4) is 0 Å². The van der Waals surface area contributed by atoms with Gasteiger partial charge in [0.25, 0.3) is 0 Å². The van der Waals surface area contributed by atoms with Crippen LogP contribution in [0.1, 0.15) is 19.8 Å². The second kappa shape index (κ2) is 6.76. The number of anilines is 2. The molecule has 1 aromatic heterocycles. The zero-order chi connectivity index (χ0) is 17.3. The Hall–Kier alpha value is -1.93. The van der Waals surface area contributed by atoms with Crippen LogP contribution >= 0.6 is 0 Å². The van der Waals surface area contributed by atoms with Crippen molar-refractivity contribution in [3.63, 3.8) is 0 Å². The summed E-state index contributed by atoms with van der Waals surface area (Å²) in [5, 5.41) is 0. The van der Waals surface area contributed by atoms with Gasteiger partial charge in [0, 0.05) is 65.2 Å². The van der Waals surface area contributed by atoms with E-state index in [1.54, 1.807) is 6.92 Å². The predicted octanol–water partition coefficient (Wildman–Crippen LogP) is 0.488. The molecule has 8 heteroatoms. The first-order valence-electron chi connectivity index (χ1n) is 9.02. The summed E-state index contributed by atoms with van der Waals surface area (Å²) in [6.07, 6.45) is 3.55. The van der Waals surface area contributed by atoms with Crippen molar-refractivity contribution >= 4 is 17.7 Å². The molecule has 0 saturated carbocycles. The molecule has 4 heterocycles. The summed E-state index contributed by atoms with van der Waals surface area (Å²) >= 11 is 0. The first-order valence-corrected chi connectivity index (χ1v) is 9.02. The molecular formula is C17H25N5O3. The van der Waals surface area contributed by atoms with Crippen molar-refractivity contribution in [2.45, 2.75) is 25.6 Å². The van der Waals surface area contributed by atoms with Gasteiger partial charge in [-0.25, -0.2) is 4.98 Å². The Bertz CT molecular complexity index is 616. The number of nitrogens with zero attached hydrogens (tertiary/aromatic N) is 5. The lowest BCUT2D eigenvalue weighted by atomic mass is 10.0. The molecule has 3 aliphatic rings. The maximum absolute atomic E-state index is 11.5. The van der Waals surface area contributed by atoms with Crippen LogP contribution in [0.15, 0.2) is 12.3 Å². The van der Waals surface area contributed by atoms with E-state index in [1.807, 2.05) is 17.2 Å². The van der Waals surface area contributed by atoms with Gasteiger partial charge < -0.3 is 24.2 Å². The molecule has 8 nitrogen and oxygen atoms in total. The Labute approximate surface area is 147 Å². The summed E-state index contributed by atoms with van der Waals surface area (Å²) in [6.45, 7) is 7.75. The van der Waals surface area contributed by atoms with Gasteiger partial charge in [0.2, 0.25) is 11.9 Å². The van der Waals surface area contributed by atoms with Gasteiger partial charge in [0.05, 0.1) is 13.2 Å². The lowest BCUT2D eigenvalue weighted by Gasteiger charge is -2.38. The van der Waals surface area contributed by atoms with Crippen LogP contribution in [0.3, 0.4) is 0 Å². The van der Waals surface area contributed by atoms with Gasteiger partial charge in [0.1, 0.15) is 5.82 Å². The maximum atomic E-state index is 11.5. The lowest BCUT2D eigenvalue weighted by Crippen LogP contribution is -2.49. The molecule has 25 heavy (non-hydrogen) atoms. The number of ether oxygens (including phenoxy) is 2. The highest BCUT2D eigenvalue weighted by Crippen LogP contribution is 2.32. The summed E-state index contributed by atoms with van der Waals surface area (Å²) in [4.78, 5) is 26.9. The summed E-state index contributed by atoms with van der Waals surface area (Å²) in [5.74, 6) is 1.46. The van der Waals surface area contributed by atoms with E-state index in [4.69, 9.17) is 14.5 Å². The standard InChI is InChI=1S/C17H25N5O3/c1-14(23)20-8-10-22(11-9-20)16-18-5-2-15(19-16)21-6-3-17(4-7-21)24-12-13-25-17/h2,5H,3-4,6-13H2,1H3. The Kier molecular flexibility index (Phi) is 4.47. The van der Waals surface area contributed by atoms with Crippen molar-refractivity contribution in [3.05, 3.63) is 12.3 Å². The molecule has 136 valence electrons. The van der Waals surface area contributed by atoms with Gasteiger partial charge >= 0.3 is 0 Å². The maximum Gasteiger partial charge on any atom is 0.227 e. The molecule has 0 atom stereocenters. The first-order chi connectivity index (χ1) is 12.2. The van der Waals surface area contributed by atoms with Crippen LogP contribution in [-0.2, 0) is 14.3 Å². The topological polar surface area (TPSA) is 71.0 Å². The van der Waals surface area contributed by atoms with Gasteiger partial charge in [-0.2, -0.15) is 4.98 Å². The average Bonchev–Trinajstić information content (AvgIpc) is 3.10. The quantitative estimate of drug-likeness (QED) is 0.771. The molecule has 0 aromatic carbocycles. The summed E-state index contributed by atoms with van der Waals surface area (Å²) in [7, 11) is 0. The number of hydrogen-bond acceptors (Lipinski definition) is 7. The molecule has 3 saturated heterocycles. The van der Waals surface area contributed by atoms with Gasteiger partial charge in [-0.1, -0.05) is 0 Å². The van der Waals surface area contributed by atoms with Gasteiger partial charge in [-0.3, -0.25) is 4.79 Å².